The number of guanidine groups is 1. The number of nitrogens with zero attached hydrogens (tertiary/aromatic N) is 2. The molecule has 0 bridgehead atoms. The molecule has 1 amide bonds. The average Bonchev–Trinajstić information content (AvgIpc) is 2.71. The number of anilines is 1. The van der Waals surface area contributed by atoms with E-state index in [1.165, 1.54) is 6.07 Å². The van der Waals surface area contributed by atoms with Crippen LogP contribution in [0.5, 0.6) is 0 Å². The summed E-state index contributed by atoms with van der Waals surface area (Å²) in [6.07, 6.45) is 2.68. The zero-order valence-electron chi connectivity index (χ0n) is 16.9. The molecule has 1 aliphatic heterocycles. The van der Waals surface area contributed by atoms with Crippen molar-refractivity contribution in [3.8, 4) is 0 Å². The molecule has 29 heavy (non-hydrogen) atoms. The molecule has 0 radical (unpaired) electrons. The third-order valence-electron chi connectivity index (χ3n) is 4.95. The first kappa shape index (κ1) is 23.1. The highest BCUT2D eigenvalue weighted by molar-refractivity contribution is 14.0. The third-order valence-corrected chi connectivity index (χ3v) is 4.95. The Morgan fingerprint density at radius 3 is 2.34 bits per heavy atom. The van der Waals surface area contributed by atoms with Gasteiger partial charge in [0.2, 0.25) is 5.91 Å². The molecule has 1 saturated heterocycles. The fourth-order valence-electron chi connectivity index (χ4n) is 3.21. The van der Waals surface area contributed by atoms with Gasteiger partial charge in [-0.15, -0.1) is 24.0 Å². The lowest BCUT2D eigenvalue weighted by atomic mass is 10.1. The number of rotatable bonds is 5. The number of piperidine rings is 1. The Hall–Kier alpha value is -2.16. The molecule has 0 spiro atoms. The van der Waals surface area contributed by atoms with E-state index in [4.69, 9.17) is 0 Å². The van der Waals surface area contributed by atoms with E-state index in [1.807, 2.05) is 35.2 Å². The minimum Gasteiger partial charge on any atom is -0.352 e. The summed E-state index contributed by atoms with van der Waals surface area (Å²) in [5, 5.41) is 6.45. The second-order valence-electron chi connectivity index (χ2n) is 7.03. The normalized spacial score (nSPS) is 14.4. The molecule has 0 aromatic heterocycles. The highest BCUT2D eigenvalue weighted by atomic mass is 127. The Kier molecular flexibility index (Phi) is 8.88. The number of hydrogen-bond acceptors (Lipinski definition) is 2. The van der Waals surface area contributed by atoms with Crippen LogP contribution in [0.1, 0.15) is 36.0 Å². The van der Waals surface area contributed by atoms with Crippen molar-refractivity contribution >= 4 is 41.5 Å². The van der Waals surface area contributed by atoms with Crippen LogP contribution in [0.25, 0.3) is 0 Å². The van der Waals surface area contributed by atoms with E-state index in [0.29, 0.717) is 31.0 Å². The number of halogens is 2. The number of nitrogens with one attached hydrogen (secondary N) is 2. The lowest BCUT2D eigenvalue weighted by Crippen LogP contribution is -2.36. The van der Waals surface area contributed by atoms with Gasteiger partial charge in [-0.25, -0.2) is 4.39 Å². The van der Waals surface area contributed by atoms with Gasteiger partial charge in [-0.2, -0.15) is 0 Å². The van der Waals surface area contributed by atoms with Crippen LogP contribution in [-0.4, -0.2) is 25.5 Å². The van der Waals surface area contributed by atoms with Gasteiger partial charge in [0, 0.05) is 38.8 Å². The Bertz CT molecular complexity index is 854. The van der Waals surface area contributed by atoms with E-state index < -0.39 is 0 Å². The second kappa shape index (κ2) is 11.1. The predicted octanol–water partition coefficient (Wildman–Crippen LogP) is 4.13. The molecule has 5 nitrogen and oxygen atoms in total. The largest absolute Gasteiger partial charge is 0.352 e. The van der Waals surface area contributed by atoms with Crippen LogP contribution in [0.15, 0.2) is 47.5 Å². The van der Waals surface area contributed by atoms with Gasteiger partial charge < -0.3 is 15.5 Å². The van der Waals surface area contributed by atoms with Crippen LogP contribution in [0.2, 0.25) is 0 Å². The molecular weight excluding hydrogens is 482 g/mol. The van der Waals surface area contributed by atoms with Crippen LogP contribution in [-0.2, 0) is 17.9 Å². The van der Waals surface area contributed by atoms with E-state index in [9.17, 15) is 9.18 Å². The molecule has 0 saturated carbocycles. The van der Waals surface area contributed by atoms with Crippen molar-refractivity contribution in [2.75, 3.05) is 18.5 Å². The molecule has 1 heterocycles. The average molecular weight is 510 g/mol. The molecule has 1 fully saturated rings. The van der Waals surface area contributed by atoms with E-state index in [-0.39, 0.29) is 35.7 Å². The third kappa shape index (κ3) is 6.42. The summed E-state index contributed by atoms with van der Waals surface area (Å²) in [5.41, 5.74) is 3.55. The number of benzene rings is 2. The number of carbonyl (C=O) groups is 1. The van der Waals surface area contributed by atoms with Crippen LogP contribution in [0, 0.1) is 12.7 Å². The van der Waals surface area contributed by atoms with Gasteiger partial charge in [-0.05, 0) is 54.7 Å². The van der Waals surface area contributed by atoms with E-state index in [2.05, 4.69) is 15.6 Å². The quantitative estimate of drug-likeness (QED) is 0.362. The summed E-state index contributed by atoms with van der Waals surface area (Å²) in [4.78, 5) is 18.1. The van der Waals surface area contributed by atoms with Crippen molar-refractivity contribution < 1.29 is 9.18 Å². The number of amides is 1. The minimum atomic E-state index is -0.200. The summed E-state index contributed by atoms with van der Waals surface area (Å²) < 4.78 is 13.6. The molecule has 0 unspecified atom stereocenters. The summed E-state index contributed by atoms with van der Waals surface area (Å²) in [7, 11) is 1.70. The number of aryl methyl sites for hydroxylation is 1. The fraction of sp³-hybridized carbons (Fsp3) is 0.364. The van der Waals surface area contributed by atoms with Gasteiger partial charge in [0.1, 0.15) is 5.82 Å². The van der Waals surface area contributed by atoms with Crippen molar-refractivity contribution in [2.24, 2.45) is 4.99 Å². The maximum atomic E-state index is 13.6. The second-order valence-corrected chi connectivity index (χ2v) is 7.03. The monoisotopic (exact) mass is 510 g/mol. The predicted molar refractivity (Wildman–Crippen MR) is 126 cm³/mol. The van der Waals surface area contributed by atoms with Crippen molar-refractivity contribution in [3.05, 3.63) is 65.0 Å². The zero-order chi connectivity index (χ0) is 19.9. The first-order chi connectivity index (χ1) is 13.6. The van der Waals surface area contributed by atoms with Gasteiger partial charge in [0.25, 0.3) is 0 Å². The van der Waals surface area contributed by atoms with Crippen LogP contribution >= 0.6 is 24.0 Å². The van der Waals surface area contributed by atoms with E-state index in [0.717, 1.165) is 36.2 Å². The first-order valence-corrected chi connectivity index (χ1v) is 9.65. The molecule has 2 aromatic rings. The van der Waals surface area contributed by atoms with Crippen LogP contribution in [0.3, 0.4) is 0 Å². The van der Waals surface area contributed by atoms with Gasteiger partial charge in [-0.3, -0.25) is 9.79 Å². The van der Waals surface area contributed by atoms with Crippen molar-refractivity contribution in [2.45, 2.75) is 39.3 Å². The smallest absolute Gasteiger partial charge is 0.226 e. The number of hydrogen-bond donors (Lipinski definition) is 2. The molecule has 0 aliphatic carbocycles. The van der Waals surface area contributed by atoms with Crippen molar-refractivity contribution in [1.82, 2.24) is 10.6 Å². The van der Waals surface area contributed by atoms with Gasteiger partial charge in [0.15, 0.2) is 5.96 Å². The minimum absolute atomic E-state index is 0. The molecule has 0 atom stereocenters. The molecule has 1 aliphatic rings. The molecule has 7 heteroatoms. The van der Waals surface area contributed by atoms with E-state index >= 15 is 0 Å². The molecule has 2 aromatic carbocycles. The maximum absolute atomic E-state index is 13.6. The summed E-state index contributed by atoms with van der Waals surface area (Å²) in [5.74, 6) is 0.653. The molecule has 3 rings (SSSR count). The Balaban J connectivity index is 0.00000300. The highest BCUT2D eigenvalue weighted by Gasteiger charge is 2.19. The molecule has 2 N–H and O–H groups in total. The lowest BCUT2D eigenvalue weighted by molar-refractivity contribution is -0.119. The zero-order valence-corrected chi connectivity index (χ0v) is 19.2. The van der Waals surface area contributed by atoms with Crippen LogP contribution in [0.4, 0.5) is 10.1 Å². The maximum Gasteiger partial charge on any atom is 0.226 e. The number of carbonyl (C=O) groups excluding carboxylic acids is 1. The van der Waals surface area contributed by atoms with Gasteiger partial charge >= 0.3 is 0 Å². The molecule has 156 valence electrons. The summed E-state index contributed by atoms with van der Waals surface area (Å²) >= 11 is 0. The van der Waals surface area contributed by atoms with Crippen molar-refractivity contribution in [3.63, 3.8) is 0 Å². The first-order valence-electron chi connectivity index (χ1n) is 9.65. The Labute approximate surface area is 188 Å². The summed E-state index contributed by atoms with van der Waals surface area (Å²) in [6, 6.07) is 13.2. The van der Waals surface area contributed by atoms with Crippen LogP contribution < -0.4 is 15.5 Å². The highest BCUT2D eigenvalue weighted by Crippen LogP contribution is 2.21. The summed E-state index contributed by atoms with van der Waals surface area (Å²) in [6.45, 7) is 3.65. The Morgan fingerprint density at radius 1 is 1.07 bits per heavy atom. The molecular formula is C22H28FIN4O. The Morgan fingerprint density at radius 2 is 1.72 bits per heavy atom. The van der Waals surface area contributed by atoms with E-state index in [1.54, 1.807) is 20.0 Å². The van der Waals surface area contributed by atoms with Crippen molar-refractivity contribution in [1.29, 1.82) is 0 Å². The standard InChI is InChI=1S/C22H27FN4O.HI/c1-16-6-7-18(13-20(16)23)15-26-22(24-2)25-14-17-8-10-19(11-9-17)27-12-4-3-5-21(27)28;/h6-11,13H,3-5,12,14-15H2,1-2H3,(H2,24,25,26);1H. The topological polar surface area (TPSA) is 56.7 Å². The fourth-order valence-corrected chi connectivity index (χ4v) is 3.21. The number of aliphatic imine (C=N–C) groups is 1. The SMILES string of the molecule is CN=C(NCc1ccc(N2CCCCC2=O)cc1)NCc1ccc(C)c(F)c1.I. The van der Waals surface area contributed by atoms with Gasteiger partial charge in [0.05, 0.1) is 0 Å². The lowest BCUT2D eigenvalue weighted by Gasteiger charge is -2.26. The van der Waals surface area contributed by atoms with Gasteiger partial charge in [-0.1, -0.05) is 24.3 Å².